The second-order valence-electron chi connectivity index (χ2n) is 2.87. The normalized spacial score (nSPS) is 39.3. The SMILES string of the molecule is C=CCOC[C@H]1OC(O)[C@H](O)[C@H]1O. The molecule has 1 aliphatic rings. The fourth-order valence-corrected chi connectivity index (χ4v) is 1.13. The third kappa shape index (κ3) is 2.49. The number of ether oxygens (including phenoxy) is 2. The Kier molecular flexibility index (Phi) is 3.83. The molecule has 1 saturated heterocycles. The first kappa shape index (κ1) is 10.6. The largest absolute Gasteiger partial charge is 0.387 e. The predicted molar refractivity (Wildman–Crippen MR) is 43.9 cm³/mol. The number of aliphatic hydroxyl groups excluding tert-OH is 3. The molecule has 4 atom stereocenters. The maximum Gasteiger partial charge on any atom is 0.184 e. The molecule has 5 heteroatoms. The van der Waals surface area contributed by atoms with Crippen LogP contribution in [0.25, 0.3) is 0 Å². The van der Waals surface area contributed by atoms with Gasteiger partial charge in [0.1, 0.15) is 18.3 Å². The van der Waals surface area contributed by atoms with Crippen LogP contribution in [0.1, 0.15) is 0 Å². The quantitative estimate of drug-likeness (QED) is 0.376. The summed E-state index contributed by atoms with van der Waals surface area (Å²) in [4.78, 5) is 0. The standard InChI is InChI=1S/C8H14O5/c1-2-3-12-4-5-6(9)7(10)8(11)13-5/h2,5-11H,1,3-4H2/t5-,6+,7-,8?/m1/s1. The van der Waals surface area contributed by atoms with Gasteiger partial charge in [0, 0.05) is 0 Å². The Hall–Kier alpha value is -0.460. The maximum atomic E-state index is 9.29. The lowest BCUT2D eigenvalue weighted by Crippen LogP contribution is -2.34. The molecule has 1 unspecified atom stereocenters. The van der Waals surface area contributed by atoms with Crippen LogP contribution in [0.2, 0.25) is 0 Å². The summed E-state index contributed by atoms with van der Waals surface area (Å²) in [6.07, 6.45) is -2.79. The fraction of sp³-hybridized carbons (Fsp3) is 0.750. The average molecular weight is 190 g/mol. The van der Waals surface area contributed by atoms with Crippen molar-refractivity contribution in [1.82, 2.24) is 0 Å². The zero-order chi connectivity index (χ0) is 9.84. The van der Waals surface area contributed by atoms with Crippen LogP contribution in [0, 0.1) is 0 Å². The van der Waals surface area contributed by atoms with Crippen LogP contribution in [-0.2, 0) is 9.47 Å². The van der Waals surface area contributed by atoms with Crippen LogP contribution in [0.4, 0.5) is 0 Å². The molecule has 76 valence electrons. The minimum absolute atomic E-state index is 0.126. The van der Waals surface area contributed by atoms with E-state index in [0.29, 0.717) is 6.61 Å². The van der Waals surface area contributed by atoms with Gasteiger partial charge in [0.2, 0.25) is 0 Å². The topological polar surface area (TPSA) is 79.2 Å². The molecule has 0 aromatic rings. The van der Waals surface area contributed by atoms with Gasteiger partial charge in [0.25, 0.3) is 0 Å². The molecule has 0 amide bonds. The Morgan fingerprint density at radius 2 is 2.00 bits per heavy atom. The second-order valence-corrected chi connectivity index (χ2v) is 2.87. The zero-order valence-electron chi connectivity index (χ0n) is 7.17. The summed E-state index contributed by atoms with van der Waals surface area (Å²) in [5.74, 6) is 0. The molecule has 0 spiro atoms. The molecule has 0 saturated carbocycles. The smallest absolute Gasteiger partial charge is 0.184 e. The first-order valence-corrected chi connectivity index (χ1v) is 4.05. The Labute approximate surface area is 76.2 Å². The van der Waals surface area contributed by atoms with Crippen molar-refractivity contribution in [2.45, 2.75) is 24.6 Å². The molecule has 0 aromatic heterocycles. The third-order valence-electron chi connectivity index (χ3n) is 1.86. The molecule has 1 fully saturated rings. The Bertz CT molecular complexity index is 172. The van der Waals surface area contributed by atoms with Gasteiger partial charge in [-0.15, -0.1) is 6.58 Å². The number of hydrogen-bond acceptors (Lipinski definition) is 5. The van der Waals surface area contributed by atoms with Crippen molar-refractivity contribution in [2.75, 3.05) is 13.2 Å². The Morgan fingerprint density at radius 3 is 2.46 bits per heavy atom. The van der Waals surface area contributed by atoms with Gasteiger partial charge >= 0.3 is 0 Å². The molecule has 0 bridgehead atoms. The van der Waals surface area contributed by atoms with Gasteiger partial charge in [-0.2, -0.15) is 0 Å². The highest BCUT2D eigenvalue weighted by molar-refractivity contribution is 4.85. The van der Waals surface area contributed by atoms with Gasteiger partial charge in [0.15, 0.2) is 6.29 Å². The molecule has 1 heterocycles. The highest BCUT2D eigenvalue weighted by Crippen LogP contribution is 2.19. The van der Waals surface area contributed by atoms with Gasteiger partial charge in [-0.25, -0.2) is 0 Å². The Morgan fingerprint density at radius 1 is 1.31 bits per heavy atom. The lowest BCUT2D eigenvalue weighted by molar-refractivity contribution is -0.136. The van der Waals surface area contributed by atoms with E-state index in [1.165, 1.54) is 0 Å². The van der Waals surface area contributed by atoms with E-state index in [-0.39, 0.29) is 6.61 Å². The van der Waals surface area contributed by atoms with E-state index in [2.05, 4.69) is 6.58 Å². The summed E-state index contributed by atoms with van der Waals surface area (Å²) >= 11 is 0. The number of hydrogen-bond donors (Lipinski definition) is 3. The van der Waals surface area contributed by atoms with E-state index < -0.39 is 24.6 Å². The van der Waals surface area contributed by atoms with E-state index in [4.69, 9.17) is 19.7 Å². The van der Waals surface area contributed by atoms with Gasteiger partial charge in [-0.05, 0) is 0 Å². The van der Waals surface area contributed by atoms with E-state index in [1.54, 1.807) is 6.08 Å². The lowest BCUT2D eigenvalue weighted by Gasteiger charge is -2.13. The molecule has 1 aliphatic heterocycles. The molecular formula is C8H14O5. The van der Waals surface area contributed by atoms with Crippen molar-refractivity contribution in [1.29, 1.82) is 0 Å². The summed E-state index contributed by atoms with van der Waals surface area (Å²) in [5.41, 5.74) is 0. The van der Waals surface area contributed by atoms with Crippen LogP contribution in [0.5, 0.6) is 0 Å². The molecule has 3 N–H and O–H groups in total. The van der Waals surface area contributed by atoms with Crippen LogP contribution in [0.3, 0.4) is 0 Å². The van der Waals surface area contributed by atoms with Crippen molar-refractivity contribution in [3.8, 4) is 0 Å². The van der Waals surface area contributed by atoms with Crippen molar-refractivity contribution in [3.05, 3.63) is 12.7 Å². The Balaban J connectivity index is 2.31. The van der Waals surface area contributed by atoms with Gasteiger partial charge in [-0.1, -0.05) is 6.08 Å². The van der Waals surface area contributed by atoms with Gasteiger partial charge < -0.3 is 24.8 Å². The molecule has 0 aromatic carbocycles. The summed E-state index contributed by atoms with van der Waals surface area (Å²) < 4.78 is 9.84. The highest BCUT2D eigenvalue weighted by atomic mass is 16.7. The molecule has 13 heavy (non-hydrogen) atoms. The van der Waals surface area contributed by atoms with Crippen LogP contribution < -0.4 is 0 Å². The maximum absolute atomic E-state index is 9.29. The molecule has 1 rings (SSSR count). The van der Waals surface area contributed by atoms with E-state index in [9.17, 15) is 5.11 Å². The molecule has 0 aliphatic carbocycles. The molecular weight excluding hydrogens is 176 g/mol. The van der Waals surface area contributed by atoms with Crippen molar-refractivity contribution >= 4 is 0 Å². The van der Waals surface area contributed by atoms with Crippen LogP contribution in [0.15, 0.2) is 12.7 Å². The minimum atomic E-state index is -1.33. The van der Waals surface area contributed by atoms with Crippen LogP contribution >= 0.6 is 0 Å². The monoisotopic (exact) mass is 190 g/mol. The van der Waals surface area contributed by atoms with E-state index >= 15 is 0 Å². The summed E-state index contributed by atoms with van der Waals surface area (Å²) in [5, 5.41) is 27.4. The summed E-state index contributed by atoms with van der Waals surface area (Å²) in [7, 11) is 0. The minimum Gasteiger partial charge on any atom is -0.387 e. The van der Waals surface area contributed by atoms with Crippen molar-refractivity contribution < 1.29 is 24.8 Å². The fourth-order valence-electron chi connectivity index (χ4n) is 1.13. The zero-order valence-corrected chi connectivity index (χ0v) is 7.17. The van der Waals surface area contributed by atoms with Crippen molar-refractivity contribution in [2.24, 2.45) is 0 Å². The highest BCUT2D eigenvalue weighted by Gasteiger charge is 2.41. The lowest BCUT2D eigenvalue weighted by atomic mass is 10.1. The number of aliphatic hydroxyl groups is 3. The first-order valence-electron chi connectivity index (χ1n) is 4.05. The summed E-state index contributed by atoms with van der Waals surface area (Å²) in [6.45, 7) is 3.92. The summed E-state index contributed by atoms with van der Waals surface area (Å²) in [6, 6.07) is 0. The van der Waals surface area contributed by atoms with Crippen molar-refractivity contribution in [3.63, 3.8) is 0 Å². The van der Waals surface area contributed by atoms with E-state index in [0.717, 1.165) is 0 Å². The average Bonchev–Trinajstić information content (AvgIpc) is 2.34. The molecule has 0 radical (unpaired) electrons. The second kappa shape index (κ2) is 4.69. The molecule has 5 nitrogen and oxygen atoms in total. The number of rotatable bonds is 4. The first-order chi connectivity index (χ1) is 6.16. The van der Waals surface area contributed by atoms with Crippen LogP contribution in [-0.4, -0.2) is 53.1 Å². The third-order valence-corrected chi connectivity index (χ3v) is 1.86. The predicted octanol–water partition coefficient (Wildman–Crippen LogP) is -1.37. The van der Waals surface area contributed by atoms with E-state index in [1.807, 2.05) is 0 Å². The van der Waals surface area contributed by atoms with Gasteiger partial charge in [-0.3, -0.25) is 0 Å². The van der Waals surface area contributed by atoms with Gasteiger partial charge in [0.05, 0.1) is 13.2 Å².